The standard InChI is InChI=1S/C10H14N4O3/c1-6-7(2)13-14-9(11-6)12-10(8(15)16)3-4-17-5-10/h3-5H2,1-2H3,(H,15,16)(H,11,12,14). The molecule has 0 bridgehead atoms. The number of rotatable bonds is 3. The van der Waals surface area contributed by atoms with Crippen LogP contribution in [0.15, 0.2) is 0 Å². The van der Waals surface area contributed by atoms with Crippen LogP contribution in [0.3, 0.4) is 0 Å². The summed E-state index contributed by atoms with van der Waals surface area (Å²) in [7, 11) is 0. The molecule has 0 saturated carbocycles. The quantitative estimate of drug-likeness (QED) is 0.773. The number of aliphatic carboxylic acids is 1. The molecule has 17 heavy (non-hydrogen) atoms. The molecule has 0 aromatic carbocycles. The first kappa shape index (κ1) is 11.7. The van der Waals surface area contributed by atoms with Gasteiger partial charge in [-0.1, -0.05) is 0 Å². The first-order chi connectivity index (χ1) is 8.03. The first-order valence-electron chi connectivity index (χ1n) is 5.31. The van der Waals surface area contributed by atoms with Crippen LogP contribution in [0.1, 0.15) is 17.8 Å². The molecule has 1 aromatic heterocycles. The van der Waals surface area contributed by atoms with Crippen molar-refractivity contribution in [3.63, 3.8) is 0 Å². The Balaban J connectivity index is 2.23. The maximum Gasteiger partial charge on any atom is 0.331 e. The fourth-order valence-electron chi connectivity index (χ4n) is 1.61. The molecule has 1 unspecified atom stereocenters. The Morgan fingerprint density at radius 2 is 2.18 bits per heavy atom. The summed E-state index contributed by atoms with van der Waals surface area (Å²) in [6.07, 6.45) is 0.388. The number of aromatic nitrogens is 3. The van der Waals surface area contributed by atoms with Gasteiger partial charge in [-0.15, -0.1) is 5.10 Å². The molecule has 1 aliphatic heterocycles. The minimum absolute atomic E-state index is 0.110. The minimum atomic E-state index is -1.14. The van der Waals surface area contributed by atoms with Gasteiger partial charge in [0.05, 0.1) is 18.0 Å². The summed E-state index contributed by atoms with van der Waals surface area (Å²) in [5, 5.41) is 19.8. The Kier molecular flexibility index (Phi) is 2.93. The van der Waals surface area contributed by atoms with Gasteiger partial charge in [0, 0.05) is 13.0 Å². The third-order valence-corrected chi connectivity index (χ3v) is 2.87. The average Bonchev–Trinajstić information content (AvgIpc) is 2.73. The monoisotopic (exact) mass is 238 g/mol. The van der Waals surface area contributed by atoms with E-state index < -0.39 is 11.5 Å². The van der Waals surface area contributed by atoms with Crippen LogP contribution in [0.4, 0.5) is 5.95 Å². The van der Waals surface area contributed by atoms with Crippen molar-refractivity contribution < 1.29 is 14.6 Å². The number of hydrogen-bond acceptors (Lipinski definition) is 6. The predicted octanol–water partition coefficient (Wildman–Crippen LogP) is 0.144. The van der Waals surface area contributed by atoms with E-state index in [0.717, 1.165) is 11.4 Å². The van der Waals surface area contributed by atoms with E-state index in [1.807, 2.05) is 0 Å². The molecule has 1 aliphatic rings. The topological polar surface area (TPSA) is 97.2 Å². The molecule has 92 valence electrons. The zero-order chi connectivity index (χ0) is 12.5. The van der Waals surface area contributed by atoms with Crippen molar-refractivity contribution in [2.45, 2.75) is 25.8 Å². The zero-order valence-corrected chi connectivity index (χ0v) is 9.73. The number of nitrogens with zero attached hydrogens (tertiary/aromatic N) is 3. The molecule has 7 heteroatoms. The van der Waals surface area contributed by atoms with Crippen molar-refractivity contribution in [1.82, 2.24) is 15.2 Å². The lowest BCUT2D eigenvalue weighted by atomic mass is 9.99. The molecule has 0 aliphatic carbocycles. The smallest absolute Gasteiger partial charge is 0.331 e. The summed E-state index contributed by atoms with van der Waals surface area (Å²) in [5.74, 6) is -0.738. The van der Waals surface area contributed by atoms with Crippen molar-refractivity contribution in [2.24, 2.45) is 0 Å². The summed E-state index contributed by atoms with van der Waals surface area (Å²) >= 11 is 0. The lowest BCUT2D eigenvalue weighted by Gasteiger charge is -2.23. The number of hydrogen-bond donors (Lipinski definition) is 2. The summed E-state index contributed by atoms with van der Waals surface area (Å²) in [6, 6.07) is 0. The van der Waals surface area contributed by atoms with E-state index in [1.54, 1.807) is 13.8 Å². The molecule has 0 amide bonds. The lowest BCUT2D eigenvalue weighted by Crippen LogP contribution is -2.47. The van der Waals surface area contributed by atoms with Gasteiger partial charge < -0.3 is 15.2 Å². The first-order valence-corrected chi connectivity index (χ1v) is 5.31. The number of carboxylic acids is 1. The van der Waals surface area contributed by atoms with Crippen LogP contribution < -0.4 is 5.32 Å². The largest absolute Gasteiger partial charge is 0.479 e. The van der Waals surface area contributed by atoms with E-state index in [0.29, 0.717) is 13.0 Å². The van der Waals surface area contributed by atoms with Gasteiger partial charge in [0.1, 0.15) is 0 Å². The predicted molar refractivity (Wildman–Crippen MR) is 58.7 cm³/mol. The van der Waals surface area contributed by atoms with Crippen LogP contribution in [0.2, 0.25) is 0 Å². The van der Waals surface area contributed by atoms with Gasteiger partial charge in [-0.2, -0.15) is 5.10 Å². The Labute approximate surface area is 98.2 Å². The number of aryl methyl sites for hydroxylation is 2. The van der Waals surface area contributed by atoms with Crippen molar-refractivity contribution in [2.75, 3.05) is 18.5 Å². The fraction of sp³-hybridized carbons (Fsp3) is 0.600. The van der Waals surface area contributed by atoms with Crippen LogP contribution in [-0.2, 0) is 9.53 Å². The van der Waals surface area contributed by atoms with Gasteiger partial charge in [0.2, 0.25) is 5.95 Å². The fourth-order valence-corrected chi connectivity index (χ4v) is 1.61. The molecule has 0 radical (unpaired) electrons. The third-order valence-electron chi connectivity index (χ3n) is 2.87. The van der Waals surface area contributed by atoms with Crippen LogP contribution in [0.5, 0.6) is 0 Å². The van der Waals surface area contributed by atoms with Crippen molar-refractivity contribution >= 4 is 11.9 Å². The van der Waals surface area contributed by atoms with Crippen LogP contribution in [0, 0.1) is 13.8 Å². The summed E-state index contributed by atoms with van der Waals surface area (Å²) in [5.41, 5.74) is 0.313. The summed E-state index contributed by atoms with van der Waals surface area (Å²) < 4.78 is 5.13. The van der Waals surface area contributed by atoms with E-state index in [1.165, 1.54) is 0 Å². The Morgan fingerprint density at radius 1 is 1.41 bits per heavy atom. The normalized spacial score (nSPS) is 23.6. The average molecular weight is 238 g/mol. The van der Waals surface area contributed by atoms with Crippen molar-refractivity contribution in [3.8, 4) is 0 Å². The summed E-state index contributed by atoms with van der Waals surface area (Å²) in [4.78, 5) is 15.4. The highest BCUT2D eigenvalue weighted by Crippen LogP contribution is 2.23. The number of carboxylic acid groups (broad SMARTS) is 1. The maximum absolute atomic E-state index is 11.3. The molecule has 2 N–H and O–H groups in total. The molecule has 1 fully saturated rings. The van der Waals surface area contributed by atoms with Crippen LogP contribution >= 0.6 is 0 Å². The van der Waals surface area contributed by atoms with Gasteiger partial charge in [-0.25, -0.2) is 9.78 Å². The molecule has 1 atom stereocenters. The molecular formula is C10H14N4O3. The Bertz CT molecular complexity index is 443. The van der Waals surface area contributed by atoms with Crippen molar-refractivity contribution in [3.05, 3.63) is 11.4 Å². The van der Waals surface area contributed by atoms with Gasteiger partial charge in [-0.3, -0.25) is 0 Å². The molecule has 1 aromatic rings. The number of carbonyl (C=O) groups is 1. The second-order valence-electron chi connectivity index (χ2n) is 4.12. The molecule has 2 heterocycles. The summed E-state index contributed by atoms with van der Waals surface area (Å²) in [6.45, 7) is 4.12. The number of nitrogens with one attached hydrogen (secondary N) is 1. The van der Waals surface area contributed by atoms with Gasteiger partial charge in [0.15, 0.2) is 5.54 Å². The highest BCUT2D eigenvalue weighted by molar-refractivity contribution is 5.82. The van der Waals surface area contributed by atoms with Gasteiger partial charge in [0.25, 0.3) is 0 Å². The Hall–Kier alpha value is -1.76. The molecule has 2 rings (SSSR count). The second kappa shape index (κ2) is 4.25. The molecule has 0 spiro atoms. The van der Waals surface area contributed by atoms with Crippen molar-refractivity contribution in [1.29, 1.82) is 0 Å². The Morgan fingerprint density at radius 3 is 2.71 bits per heavy atom. The molecule has 1 saturated heterocycles. The minimum Gasteiger partial charge on any atom is -0.479 e. The third kappa shape index (κ3) is 2.19. The maximum atomic E-state index is 11.3. The van der Waals surface area contributed by atoms with Gasteiger partial charge >= 0.3 is 5.97 Å². The van der Waals surface area contributed by atoms with E-state index in [-0.39, 0.29) is 12.6 Å². The number of anilines is 1. The highest BCUT2D eigenvalue weighted by atomic mass is 16.5. The lowest BCUT2D eigenvalue weighted by molar-refractivity contribution is -0.142. The van der Waals surface area contributed by atoms with Crippen LogP contribution in [0.25, 0.3) is 0 Å². The van der Waals surface area contributed by atoms with Crippen LogP contribution in [-0.4, -0.2) is 45.0 Å². The van der Waals surface area contributed by atoms with Gasteiger partial charge in [-0.05, 0) is 13.8 Å². The van der Waals surface area contributed by atoms with E-state index in [4.69, 9.17) is 4.74 Å². The highest BCUT2D eigenvalue weighted by Gasteiger charge is 2.43. The van der Waals surface area contributed by atoms with E-state index in [9.17, 15) is 9.90 Å². The van der Waals surface area contributed by atoms with E-state index in [2.05, 4.69) is 20.5 Å². The zero-order valence-electron chi connectivity index (χ0n) is 9.73. The number of ether oxygens (including phenoxy) is 1. The van der Waals surface area contributed by atoms with E-state index >= 15 is 0 Å². The molecule has 7 nitrogen and oxygen atoms in total. The second-order valence-corrected chi connectivity index (χ2v) is 4.12. The SMILES string of the molecule is Cc1nnc(NC2(C(=O)O)CCOC2)nc1C. The molecular weight excluding hydrogens is 224 g/mol.